The highest BCUT2D eigenvalue weighted by molar-refractivity contribution is 6.07. The summed E-state index contributed by atoms with van der Waals surface area (Å²) in [6.07, 6.45) is 16.1. The molecule has 0 aliphatic heterocycles. The standard InChI is InChI=1S/C17H20BN/c1-5-9-11-14-15(12-10-6-2)17(8-4)19(13-18)16(14)7-3/h5-12H,1-4,13,18H2/b11-9-,12-10-. The van der Waals surface area contributed by atoms with Crippen LogP contribution in [0.2, 0.25) is 0 Å². The van der Waals surface area contributed by atoms with E-state index in [0.29, 0.717) is 0 Å². The molecule has 0 amide bonds. The molecule has 0 fully saturated rings. The van der Waals surface area contributed by atoms with Crippen molar-refractivity contribution in [1.82, 2.24) is 4.57 Å². The van der Waals surface area contributed by atoms with Crippen LogP contribution in [0.25, 0.3) is 24.3 Å². The highest BCUT2D eigenvalue weighted by Gasteiger charge is 2.14. The van der Waals surface area contributed by atoms with Crippen molar-refractivity contribution in [2.75, 3.05) is 0 Å². The first-order valence-electron chi connectivity index (χ1n) is 6.34. The largest absolute Gasteiger partial charge is 0.349 e. The predicted octanol–water partition coefficient (Wildman–Crippen LogP) is 3.76. The Hall–Kier alpha value is -2.22. The maximum Gasteiger partial charge on any atom is 0.127 e. The topological polar surface area (TPSA) is 4.93 Å². The molecule has 19 heavy (non-hydrogen) atoms. The van der Waals surface area contributed by atoms with Gasteiger partial charge in [0.25, 0.3) is 0 Å². The van der Waals surface area contributed by atoms with Crippen molar-refractivity contribution >= 4 is 32.2 Å². The Labute approximate surface area is 117 Å². The lowest BCUT2D eigenvalue weighted by Crippen LogP contribution is -2.02. The lowest BCUT2D eigenvalue weighted by molar-refractivity contribution is 0.868. The zero-order chi connectivity index (χ0) is 14.3. The van der Waals surface area contributed by atoms with Gasteiger partial charge in [-0.05, 0) is 18.6 Å². The molecule has 0 saturated heterocycles. The van der Waals surface area contributed by atoms with Gasteiger partial charge in [0, 0.05) is 22.5 Å². The number of nitrogens with zero attached hydrogens (tertiary/aromatic N) is 1. The van der Waals surface area contributed by atoms with E-state index in [2.05, 4.69) is 38.7 Å². The minimum absolute atomic E-state index is 0.875. The molecule has 0 bridgehead atoms. The van der Waals surface area contributed by atoms with Crippen LogP contribution in [0.3, 0.4) is 0 Å². The van der Waals surface area contributed by atoms with Crippen LogP contribution >= 0.6 is 0 Å². The van der Waals surface area contributed by atoms with E-state index in [1.807, 2.05) is 36.5 Å². The smallest absolute Gasteiger partial charge is 0.127 e. The summed E-state index contributed by atoms with van der Waals surface area (Å²) in [5.41, 5.74) is 4.45. The third kappa shape index (κ3) is 2.97. The summed E-state index contributed by atoms with van der Waals surface area (Å²) in [6.45, 7) is 15.3. The van der Waals surface area contributed by atoms with Crippen LogP contribution in [0, 0.1) is 0 Å². The van der Waals surface area contributed by atoms with Gasteiger partial charge in [-0.1, -0.05) is 62.8 Å². The Morgan fingerprint density at radius 2 is 1.26 bits per heavy atom. The fourth-order valence-corrected chi connectivity index (χ4v) is 2.16. The molecule has 1 heterocycles. The van der Waals surface area contributed by atoms with Gasteiger partial charge in [-0.2, -0.15) is 0 Å². The average Bonchev–Trinajstić information content (AvgIpc) is 2.74. The summed E-state index contributed by atoms with van der Waals surface area (Å²) in [4.78, 5) is 0. The number of hydrogen-bond donors (Lipinski definition) is 0. The molecule has 2 heteroatoms. The lowest BCUT2D eigenvalue weighted by Gasteiger charge is -2.05. The Morgan fingerprint density at radius 3 is 1.53 bits per heavy atom. The van der Waals surface area contributed by atoms with E-state index >= 15 is 0 Å². The van der Waals surface area contributed by atoms with Gasteiger partial charge in [-0.15, -0.1) is 0 Å². The van der Waals surface area contributed by atoms with E-state index in [0.717, 1.165) is 29.0 Å². The predicted molar refractivity (Wildman–Crippen MR) is 91.6 cm³/mol. The van der Waals surface area contributed by atoms with E-state index in [9.17, 15) is 0 Å². The van der Waals surface area contributed by atoms with E-state index in [-0.39, 0.29) is 0 Å². The zero-order valence-electron chi connectivity index (χ0n) is 11.6. The summed E-state index contributed by atoms with van der Waals surface area (Å²) in [5, 5.41) is 0. The summed E-state index contributed by atoms with van der Waals surface area (Å²) < 4.78 is 2.20. The van der Waals surface area contributed by atoms with Gasteiger partial charge in [0.1, 0.15) is 7.85 Å². The molecule has 1 aromatic rings. The van der Waals surface area contributed by atoms with Crippen molar-refractivity contribution in [3.63, 3.8) is 0 Å². The Balaban J connectivity index is 3.66. The van der Waals surface area contributed by atoms with Crippen molar-refractivity contribution in [3.8, 4) is 0 Å². The zero-order valence-corrected chi connectivity index (χ0v) is 11.6. The Bertz CT molecular complexity index is 509. The molecular weight excluding hydrogens is 229 g/mol. The van der Waals surface area contributed by atoms with Crippen molar-refractivity contribution in [2.24, 2.45) is 0 Å². The summed E-state index contributed by atoms with van der Waals surface area (Å²) in [6, 6.07) is 0. The van der Waals surface area contributed by atoms with E-state index < -0.39 is 0 Å². The molecule has 0 N–H and O–H groups in total. The number of rotatable bonds is 7. The fraction of sp³-hybridized carbons (Fsp3) is 0.0588. The molecule has 0 aliphatic rings. The molecule has 0 unspecified atom stereocenters. The minimum Gasteiger partial charge on any atom is -0.349 e. The second-order valence-corrected chi connectivity index (χ2v) is 3.94. The van der Waals surface area contributed by atoms with Crippen molar-refractivity contribution < 1.29 is 0 Å². The second kappa shape index (κ2) is 7.27. The van der Waals surface area contributed by atoms with Crippen LogP contribution < -0.4 is 0 Å². The maximum atomic E-state index is 3.92. The molecule has 1 rings (SSSR count). The first kappa shape index (κ1) is 14.8. The van der Waals surface area contributed by atoms with Crippen molar-refractivity contribution in [3.05, 3.63) is 73.1 Å². The fourth-order valence-electron chi connectivity index (χ4n) is 2.16. The van der Waals surface area contributed by atoms with Gasteiger partial charge in [0.15, 0.2) is 0 Å². The molecule has 0 aromatic carbocycles. The van der Waals surface area contributed by atoms with E-state index in [4.69, 9.17) is 0 Å². The quantitative estimate of drug-likeness (QED) is 0.512. The van der Waals surface area contributed by atoms with Gasteiger partial charge in [-0.25, -0.2) is 0 Å². The molecule has 0 spiro atoms. The third-order valence-electron chi connectivity index (χ3n) is 2.92. The SMILES string of the molecule is BCn1c(C=C)c(/C=C\C=C)c(/C=C\C=C)c1C=C. The molecule has 0 saturated carbocycles. The van der Waals surface area contributed by atoms with E-state index in [1.165, 1.54) is 0 Å². The second-order valence-electron chi connectivity index (χ2n) is 3.94. The number of allylic oxidation sites excluding steroid dienone is 4. The van der Waals surface area contributed by atoms with Crippen LogP contribution in [-0.2, 0) is 6.44 Å². The van der Waals surface area contributed by atoms with Crippen molar-refractivity contribution in [1.29, 1.82) is 0 Å². The number of hydrogen-bond acceptors (Lipinski definition) is 0. The van der Waals surface area contributed by atoms with E-state index in [1.54, 1.807) is 12.2 Å². The highest BCUT2D eigenvalue weighted by Crippen LogP contribution is 2.28. The highest BCUT2D eigenvalue weighted by atomic mass is 15.0. The third-order valence-corrected chi connectivity index (χ3v) is 2.92. The van der Waals surface area contributed by atoms with Gasteiger partial charge >= 0.3 is 0 Å². The number of aromatic nitrogens is 1. The van der Waals surface area contributed by atoms with Crippen LogP contribution in [0.4, 0.5) is 0 Å². The van der Waals surface area contributed by atoms with Crippen LogP contribution in [-0.4, -0.2) is 12.4 Å². The normalized spacial score (nSPS) is 10.9. The molecular formula is C17H20BN. The van der Waals surface area contributed by atoms with Gasteiger partial charge < -0.3 is 4.57 Å². The molecule has 0 aliphatic carbocycles. The summed E-state index contributed by atoms with van der Waals surface area (Å²) in [7, 11) is 2.11. The first-order valence-corrected chi connectivity index (χ1v) is 6.34. The van der Waals surface area contributed by atoms with Gasteiger partial charge in [0.05, 0.1) is 0 Å². The van der Waals surface area contributed by atoms with Gasteiger partial charge in [0.2, 0.25) is 0 Å². The lowest BCUT2D eigenvalue weighted by atomic mass is 10.1. The van der Waals surface area contributed by atoms with Crippen LogP contribution in [0.15, 0.2) is 50.6 Å². The van der Waals surface area contributed by atoms with Crippen molar-refractivity contribution in [2.45, 2.75) is 6.44 Å². The average molecular weight is 249 g/mol. The van der Waals surface area contributed by atoms with Gasteiger partial charge in [-0.3, -0.25) is 0 Å². The molecule has 1 nitrogen and oxygen atoms in total. The Kier molecular flexibility index (Phi) is 5.68. The molecule has 1 aromatic heterocycles. The summed E-state index contributed by atoms with van der Waals surface area (Å²) in [5.74, 6) is 0. The molecule has 0 radical (unpaired) electrons. The molecule has 0 atom stereocenters. The Morgan fingerprint density at radius 1 is 0.842 bits per heavy atom. The first-order chi connectivity index (χ1) is 9.24. The maximum absolute atomic E-state index is 3.92. The molecule has 96 valence electrons. The minimum atomic E-state index is 0.875. The van der Waals surface area contributed by atoms with Crippen LogP contribution in [0.5, 0.6) is 0 Å². The van der Waals surface area contributed by atoms with Crippen LogP contribution in [0.1, 0.15) is 22.5 Å². The summed E-state index contributed by atoms with van der Waals surface area (Å²) >= 11 is 0. The monoisotopic (exact) mass is 249 g/mol.